The number of nitrogens with zero attached hydrogens (tertiary/aromatic N) is 2. The topological polar surface area (TPSA) is 66.9 Å². The SMILES string of the molecule is COc1ccc(CN(CC(=O)N2CCCCCC2)S(C)(=O)=O)cc1. The van der Waals surface area contributed by atoms with Gasteiger partial charge in [0.1, 0.15) is 5.75 Å². The van der Waals surface area contributed by atoms with Crippen molar-refractivity contribution in [2.45, 2.75) is 32.2 Å². The highest BCUT2D eigenvalue weighted by Gasteiger charge is 2.24. The molecule has 1 saturated heterocycles. The highest BCUT2D eigenvalue weighted by molar-refractivity contribution is 7.88. The van der Waals surface area contributed by atoms with E-state index < -0.39 is 10.0 Å². The summed E-state index contributed by atoms with van der Waals surface area (Å²) < 4.78 is 30.5. The van der Waals surface area contributed by atoms with Crippen molar-refractivity contribution in [2.75, 3.05) is 33.0 Å². The number of likely N-dealkylation sites (tertiary alicyclic amines) is 1. The van der Waals surface area contributed by atoms with Crippen LogP contribution in [-0.4, -0.2) is 56.5 Å². The van der Waals surface area contributed by atoms with Gasteiger partial charge in [-0.3, -0.25) is 4.79 Å². The second-order valence-corrected chi connectivity index (χ2v) is 8.16. The second kappa shape index (κ2) is 8.48. The predicted molar refractivity (Wildman–Crippen MR) is 93.3 cm³/mol. The maximum Gasteiger partial charge on any atom is 0.237 e. The molecule has 7 heteroatoms. The zero-order chi connectivity index (χ0) is 17.6. The Balaban J connectivity index is 2.06. The molecule has 0 bridgehead atoms. The Bertz CT molecular complexity index is 635. The lowest BCUT2D eigenvalue weighted by molar-refractivity contribution is -0.131. The summed E-state index contributed by atoms with van der Waals surface area (Å²) in [6.45, 7) is 1.52. The van der Waals surface area contributed by atoms with Crippen molar-refractivity contribution >= 4 is 15.9 Å². The van der Waals surface area contributed by atoms with E-state index in [1.807, 2.05) is 12.1 Å². The molecule has 0 radical (unpaired) electrons. The quantitative estimate of drug-likeness (QED) is 0.782. The summed E-state index contributed by atoms with van der Waals surface area (Å²) in [7, 11) is -1.89. The number of sulfonamides is 1. The van der Waals surface area contributed by atoms with Crippen molar-refractivity contribution in [1.29, 1.82) is 0 Å². The fourth-order valence-electron chi connectivity index (χ4n) is 2.80. The average molecular weight is 354 g/mol. The molecular weight excluding hydrogens is 328 g/mol. The van der Waals surface area contributed by atoms with Gasteiger partial charge in [0.2, 0.25) is 15.9 Å². The molecule has 1 fully saturated rings. The van der Waals surface area contributed by atoms with Gasteiger partial charge in [0.15, 0.2) is 0 Å². The number of hydrogen-bond donors (Lipinski definition) is 0. The first-order chi connectivity index (χ1) is 11.4. The van der Waals surface area contributed by atoms with Crippen LogP contribution in [0.25, 0.3) is 0 Å². The van der Waals surface area contributed by atoms with Crippen LogP contribution in [0.2, 0.25) is 0 Å². The predicted octanol–water partition coefficient (Wildman–Crippen LogP) is 1.86. The van der Waals surface area contributed by atoms with Gasteiger partial charge in [0.05, 0.1) is 19.9 Å². The smallest absolute Gasteiger partial charge is 0.237 e. The summed E-state index contributed by atoms with van der Waals surface area (Å²) in [5.74, 6) is 0.598. The Morgan fingerprint density at radius 2 is 1.71 bits per heavy atom. The Kier molecular flexibility index (Phi) is 6.62. The lowest BCUT2D eigenvalue weighted by Crippen LogP contribution is -2.42. The zero-order valence-corrected chi connectivity index (χ0v) is 15.2. The average Bonchev–Trinajstić information content (AvgIpc) is 2.83. The summed E-state index contributed by atoms with van der Waals surface area (Å²) in [5.41, 5.74) is 0.824. The molecule has 0 aromatic heterocycles. The molecule has 1 aliphatic rings. The first-order valence-corrected chi connectivity index (χ1v) is 10.1. The molecule has 24 heavy (non-hydrogen) atoms. The highest BCUT2D eigenvalue weighted by Crippen LogP contribution is 2.15. The molecule has 0 saturated carbocycles. The van der Waals surface area contributed by atoms with Gasteiger partial charge in [-0.1, -0.05) is 25.0 Å². The van der Waals surface area contributed by atoms with Crippen LogP contribution in [0.1, 0.15) is 31.2 Å². The first kappa shape index (κ1) is 18.7. The molecule has 0 aliphatic carbocycles. The molecule has 1 aliphatic heterocycles. The van der Waals surface area contributed by atoms with Gasteiger partial charge in [-0.2, -0.15) is 4.31 Å². The van der Waals surface area contributed by atoms with E-state index >= 15 is 0 Å². The van der Waals surface area contributed by atoms with Gasteiger partial charge in [0, 0.05) is 19.6 Å². The standard InChI is InChI=1S/C17H26N2O4S/c1-23-16-9-7-15(8-10-16)13-19(24(2,21)22)14-17(20)18-11-5-3-4-6-12-18/h7-10H,3-6,11-14H2,1-2H3. The molecule has 1 aromatic carbocycles. The minimum Gasteiger partial charge on any atom is -0.497 e. The van der Waals surface area contributed by atoms with Crippen molar-refractivity contribution in [3.05, 3.63) is 29.8 Å². The van der Waals surface area contributed by atoms with Gasteiger partial charge in [-0.15, -0.1) is 0 Å². The molecule has 2 rings (SSSR count). The Hall–Kier alpha value is -1.60. The zero-order valence-electron chi connectivity index (χ0n) is 14.4. The molecule has 0 spiro atoms. The van der Waals surface area contributed by atoms with Crippen molar-refractivity contribution in [1.82, 2.24) is 9.21 Å². The summed E-state index contributed by atoms with van der Waals surface area (Å²) in [6.07, 6.45) is 5.38. The maximum atomic E-state index is 12.5. The third-order valence-corrected chi connectivity index (χ3v) is 5.45. The molecule has 1 aromatic rings. The molecule has 1 heterocycles. The summed E-state index contributed by atoms with van der Waals surface area (Å²) in [6, 6.07) is 7.19. The van der Waals surface area contributed by atoms with E-state index in [2.05, 4.69) is 0 Å². The number of hydrogen-bond acceptors (Lipinski definition) is 4. The number of ether oxygens (including phenoxy) is 1. The van der Waals surface area contributed by atoms with Crippen molar-refractivity contribution in [3.8, 4) is 5.75 Å². The molecule has 134 valence electrons. The molecule has 0 unspecified atom stereocenters. The Morgan fingerprint density at radius 1 is 1.12 bits per heavy atom. The summed E-state index contributed by atoms with van der Waals surface area (Å²) >= 11 is 0. The summed E-state index contributed by atoms with van der Waals surface area (Å²) in [5, 5.41) is 0. The first-order valence-electron chi connectivity index (χ1n) is 8.26. The lowest BCUT2D eigenvalue weighted by Gasteiger charge is -2.25. The van der Waals surface area contributed by atoms with E-state index in [4.69, 9.17) is 4.74 Å². The van der Waals surface area contributed by atoms with Crippen LogP contribution in [0.3, 0.4) is 0 Å². The number of benzene rings is 1. The van der Waals surface area contributed by atoms with E-state index in [0.717, 1.165) is 50.6 Å². The highest BCUT2D eigenvalue weighted by atomic mass is 32.2. The fraction of sp³-hybridized carbons (Fsp3) is 0.588. The normalized spacial score (nSPS) is 16.0. The minimum absolute atomic E-state index is 0.106. The molecule has 6 nitrogen and oxygen atoms in total. The van der Waals surface area contributed by atoms with Gasteiger partial charge in [0.25, 0.3) is 0 Å². The third-order valence-electron chi connectivity index (χ3n) is 4.26. The Morgan fingerprint density at radius 3 is 2.21 bits per heavy atom. The largest absolute Gasteiger partial charge is 0.497 e. The minimum atomic E-state index is -3.47. The molecular formula is C17H26N2O4S. The number of rotatable bonds is 6. The van der Waals surface area contributed by atoms with E-state index in [9.17, 15) is 13.2 Å². The van der Waals surface area contributed by atoms with Gasteiger partial charge >= 0.3 is 0 Å². The number of methoxy groups -OCH3 is 1. The van der Waals surface area contributed by atoms with Gasteiger partial charge < -0.3 is 9.64 Å². The van der Waals surface area contributed by atoms with E-state index in [-0.39, 0.29) is 19.0 Å². The van der Waals surface area contributed by atoms with Gasteiger partial charge in [-0.05, 0) is 30.5 Å². The van der Waals surface area contributed by atoms with Crippen LogP contribution in [-0.2, 0) is 21.4 Å². The van der Waals surface area contributed by atoms with Crippen molar-refractivity contribution in [2.24, 2.45) is 0 Å². The fourth-order valence-corrected chi connectivity index (χ4v) is 3.52. The third kappa shape index (κ3) is 5.49. The van der Waals surface area contributed by atoms with Crippen LogP contribution >= 0.6 is 0 Å². The monoisotopic (exact) mass is 354 g/mol. The molecule has 0 atom stereocenters. The van der Waals surface area contributed by atoms with Crippen LogP contribution in [0, 0.1) is 0 Å². The molecule has 0 N–H and O–H groups in total. The Labute approximate surface area is 144 Å². The molecule has 1 amide bonds. The van der Waals surface area contributed by atoms with Gasteiger partial charge in [-0.25, -0.2) is 8.42 Å². The van der Waals surface area contributed by atoms with E-state index in [1.165, 1.54) is 4.31 Å². The van der Waals surface area contributed by atoms with Crippen LogP contribution in [0.5, 0.6) is 5.75 Å². The lowest BCUT2D eigenvalue weighted by atomic mass is 10.2. The number of amides is 1. The van der Waals surface area contributed by atoms with Crippen LogP contribution in [0.4, 0.5) is 0 Å². The van der Waals surface area contributed by atoms with E-state index in [0.29, 0.717) is 5.75 Å². The summed E-state index contributed by atoms with van der Waals surface area (Å²) in [4.78, 5) is 14.3. The second-order valence-electron chi connectivity index (χ2n) is 6.17. The maximum absolute atomic E-state index is 12.5. The number of carbonyl (C=O) groups excluding carboxylic acids is 1. The van der Waals surface area contributed by atoms with Crippen LogP contribution < -0.4 is 4.74 Å². The van der Waals surface area contributed by atoms with Crippen molar-refractivity contribution in [3.63, 3.8) is 0 Å². The number of carbonyl (C=O) groups is 1. The van der Waals surface area contributed by atoms with E-state index in [1.54, 1.807) is 24.1 Å². The van der Waals surface area contributed by atoms with Crippen LogP contribution in [0.15, 0.2) is 24.3 Å². The van der Waals surface area contributed by atoms with Crippen molar-refractivity contribution < 1.29 is 17.9 Å².